The van der Waals surface area contributed by atoms with Gasteiger partial charge in [0.25, 0.3) is 0 Å². The molecule has 0 heterocycles. The molecule has 0 radical (unpaired) electrons. The fourth-order valence-electron chi connectivity index (χ4n) is 1.28. The smallest absolute Gasteiger partial charge is 0.250 e. The molecule has 2 N–H and O–H groups in total. The Morgan fingerprint density at radius 3 is 2.69 bits per heavy atom. The maximum absolute atomic E-state index is 11.5. The zero-order chi connectivity index (χ0) is 11.8. The van der Waals surface area contributed by atoms with Gasteiger partial charge in [-0.2, -0.15) is 0 Å². The van der Waals surface area contributed by atoms with Gasteiger partial charge in [0.05, 0.1) is 6.10 Å². The summed E-state index contributed by atoms with van der Waals surface area (Å²) in [6, 6.07) is 9.34. The molecule has 1 aromatic carbocycles. The average molecular weight is 222 g/mol. The summed E-state index contributed by atoms with van der Waals surface area (Å²) in [5.41, 5.74) is 0.789. The third-order valence-electron chi connectivity index (χ3n) is 2.05. The number of carbonyl (C=O) groups excluding carboxylic acids is 1. The molecule has 0 aromatic heterocycles. The van der Waals surface area contributed by atoms with Crippen LogP contribution in [0.3, 0.4) is 0 Å². The minimum absolute atomic E-state index is 0.0338. The third kappa shape index (κ3) is 4.91. The zero-order valence-electron chi connectivity index (χ0n) is 9.69. The SMILES string of the molecule is CNCC(C)OCC(=O)Nc1ccccc1. The van der Waals surface area contributed by atoms with Gasteiger partial charge in [-0.3, -0.25) is 4.79 Å². The standard InChI is InChI=1S/C12H18N2O2/c1-10(8-13-2)16-9-12(15)14-11-6-4-3-5-7-11/h3-7,10,13H,8-9H2,1-2H3,(H,14,15). The number of benzene rings is 1. The van der Waals surface area contributed by atoms with E-state index in [1.165, 1.54) is 0 Å². The van der Waals surface area contributed by atoms with E-state index in [0.29, 0.717) is 0 Å². The number of anilines is 1. The maximum atomic E-state index is 11.5. The number of likely N-dealkylation sites (N-methyl/N-ethyl adjacent to an activating group) is 1. The lowest BCUT2D eigenvalue weighted by atomic mass is 10.3. The van der Waals surface area contributed by atoms with Gasteiger partial charge in [-0.15, -0.1) is 0 Å². The Morgan fingerprint density at radius 2 is 2.06 bits per heavy atom. The van der Waals surface area contributed by atoms with Crippen molar-refractivity contribution in [2.45, 2.75) is 13.0 Å². The largest absolute Gasteiger partial charge is 0.367 e. The highest BCUT2D eigenvalue weighted by atomic mass is 16.5. The molecule has 0 fully saturated rings. The average Bonchev–Trinajstić information content (AvgIpc) is 2.28. The summed E-state index contributed by atoms with van der Waals surface area (Å²) >= 11 is 0. The van der Waals surface area contributed by atoms with Crippen LogP contribution in [0, 0.1) is 0 Å². The molecule has 0 spiro atoms. The quantitative estimate of drug-likeness (QED) is 0.761. The first-order chi connectivity index (χ1) is 7.72. The van der Waals surface area contributed by atoms with Crippen molar-refractivity contribution in [2.24, 2.45) is 0 Å². The molecule has 16 heavy (non-hydrogen) atoms. The van der Waals surface area contributed by atoms with Crippen LogP contribution in [0.25, 0.3) is 0 Å². The number of nitrogens with one attached hydrogen (secondary N) is 2. The van der Waals surface area contributed by atoms with Crippen LogP contribution in [0.2, 0.25) is 0 Å². The molecule has 1 amide bonds. The van der Waals surface area contributed by atoms with Gasteiger partial charge in [-0.05, 0) is 26.1 Å². The molecular weight excluding hydrogens is 204 g/mol. The molecule has 4 nitrogen and oxygen atoms in total. The van der Waals surface area contributed by atoms with Crippen LogP contribution in [-0.2, 0) is 9.53 Å². The van der Waals surface area contributed by atoms with Gasteiger partial charge in [0, 0.05) is 12.2 Å². The topological polar surface area (TPSA) is 50.4 Å². The molecule has 88 valence electrons. The van der Waals surface area contributed by atoms with Crippen molar-refractivity contribution in [3.63, 3.8) is 0 Å². The highest BCUT2D eigenvalue weighted by Gasteiger charge is 2.05. The van der Waals surface area contributed by atoms with Crippen LogP contribution < -0.4 is 10.6 Å². The van der Waals surface area contributed by atoms with Crippen molar-refractivity contribution in [1.82, 2.24) is 5.32 Å². The van der Waals surface area contributed by atoms with Gasteiger partial charge in [-0.25, -0.2) is 0 Å². The lowest BCUT2D eigenvalue weighted by Gasteiger charge is -2.12. The molecule has 1 rings (SSSR count). The number of rotatable bonds is 6. The van der Waals surface area contributed by atoms with E-state index in [2.05, 4.69) is 10.6 Å². The normalized spacial score (nSPS) is 12.1. The minimum Gasteiger partial charge on any atom is -0.367 e. The summed E-state index contributed by atoms with van der Waals surface area (Å²) in [6.07, 6.45) is 0.0338. The van der Waals surface area contributed by atoms with Gasteiger partial charge < -0.3 is 15.4 Å². The molecule has 0 saturated heterocycles. The van der Waals surface area contributed by atoms with Crippen molar-refractivity contribution in [2.75, 3.05) is 25.5 Å². The second kappa shape index (κ2) is 6.98. The Morgan fingerprint density at radius 1 is 1.38 bits per heavy atom. The van der Waals surface area contributed by atoms with E-state index in [1.54, 1.807) is 0 Å². The second-order valence-electron chi connectivity index (χ2n) is 3.59. The van der Waals surface area contributed by atoms with Crippen LogP contribution in [0.1, 0.15) is 6.92 Å². The van der Waals surface area contributed by atoms with Crippen LogP contribution in [-0.4, -0.2) is 32.2 Å². The molecule has 0 aliphatic rings. The number of hydrogen-bond acceptors (Lipinski definition) is 3. The number of para-hydroxylation sites is 1. The summed E-state index contributed by atoms with van der Waals surface area (Å²) in [7, 11) is 1.85. The molecule has 0 aliphatic heterocycles. The first-order valence-corrected chi connectivity index (χ1v) is 5.33. The van der Waals surface area contributed by atoms with Crippen molar-refractivity contribution in [3.8, 4) is 0 Å². The number of amides is 1. The summed E-state index contributed by atoms with van der Waals surface area (Å²) in [6.45, 7) is 2.74. The lowest BCUT2D eigenvalue weighted by Crippen LogP contribution is -2.28. The van der Waals surface area contributed by atoms with Gasteiger partial charge >= 0.3 is 0 Å². The summed E-state index contributed by atoms with van der Waals surface area (Å²) < 4.78 is 5.34. The van der Waals surface area contributed by atoms with Crippen LogP contribution in [0.15, 0.2) is 30.3 Å². The summed E-state index contributed by atoms with van der Waals surface area (Å²) in [4.78, 5) is 11.5. The van der Waals surface area contributed by atoms with Crippen molar-refractivity contribution in [3.05, 3.63) is 30.3 Å². The van der Waals surface area contributed by atoms with Crippen molar-refractivity contribution >= 4 is 11.6 Å². The fraction of sp³-hybridized carbons (Fsp3) is 0.417. The number of hydrogen-bond donors (Lipinski definition) is 2. The van der Waals surface area contributed by atoms with Gasteiger partial charge in [0.15, 0.2) is 0 Å². The Kier molecular flexibility index (Phi) is 5.53. The molecule has 1 unspecified atom stereocenters. The van der Waals surface area contributed by atoms with Gasteiger partial charge in [-0.1, -0.05) is 18.2 Å². The van der Waals surface area contributed by atoms with E-state index in [-0.39, 0.29) is 18.6 Å². The second-order valence-corrected chi connectivity index (χ2v) is 3.59. The predicted octanol–water partition coefficient (Wildman–Crippen LogP) is 1.25. The van der Waals surface area contributed by atoms with Crippen LogP contribution in [0.4, 0.5) is 5.69 Å². The fourth-order valence-corrected chi connectivity index (χ4v) is 1.28. The number of ether oxygens (including phenoxy) is 1. The zero-order valence-corrected chi connectivity index (χ0v) is 9.69. The Hall–Kier alpha value is -1.39. The van der Waals surface area contributed by atoms with Gasteiger partial charge in [0.2, 0.25) is 5.91 Å². The van der Waals surface area contributed by atoms with Crippen LogP contribution in [0.5, 0.6) is 0 Å². The Balaban J connectivity index is 2.26. The van der Waals surface area contributed by atoms with Crippen molar-refractivity contribution < 1.29 is 9.53 Å². The molecule has 4 heteroatoms. The van der Waals surface area contributed by atoms with Crippen LogP contribution >= 0.6 is 0 Å². The van der Waals surface area contributed by atoms with E-state index < -0.39 is 0 Å². The minimum atomic E-state index is -0.130. The predicted molar refractivity (Wildman–Crippen MR) is 64.4 cm³/mol. The summed E-state index contributed by atoms with van der Waals surface area (Å²) in [5, 5.41) is 5.74. The molecule has 0 bridgehead atoms. The number of carbonyl (C=O) groups is 1. The highest BCUT2D eigenvalue weighted by molar-refractivity contribution is 5.91. The van der Waals surface area contributed by atoms with Gasteiger partial charge in [0.1, 0.15) is 6.61 Å². The molecule has 0 saturated carbocycles. The first kappa shape index (κ1) is 12.7. The van der Waals surface area contributed by atoms with E-state index >= 15 is 0 Å². The van der Waals surface area contributed by atoms with E-state index in [0.717, 1.165) is 12.2 Å². The highest BCUT2D eigenvalue weighted by Crippen LogP contribution is 2.04. The molecule has 0 aliphatic carbocycles. The summed E-state index contributed by atoms with van der Waals surface area (Å²) in [5.74, 6) is -0.130. The third-order valence-corrected chi connectivity index (χ3v) is 2.05. The lowest BCUT2D eigenvalue weighted by molar-refractivity contribution is -0.122. The molecule has 1 atom stereocenters. The van der Waals surface area contributed by atoms with E-state index in [4.69, 9.17) is 4.74 Å². The first-order valence-electron chi connectivity index (χ1n) is 5.33. The molecular formula is C12H18N2O2. The monoisotopic (exact) mass is 222 g/mol. The van der Waals surface area contributed by atoms with E-state index in [1.807, 2.05) is 44.3 Å². The molecule has 1 aromatic rings. The maximum Gasteiger partial charge on any atom is 0.250 e. The van der Waals surface area contributed by atoms with E-state index in [9.17, 15) is 4.79 Å². The Bertz CT molecular complexity index is 314. The Labute approximate surface area is 96.0 Å². The van der Waals surface area contributed by atoms with Crippen molar-refractivity contribution in [1.29, 1.82) is 0 Å².